The normalized spacial score (nSPS) is 11.0. The van der Waals surface area contributed by atoms with Crippen LogP contribution in [-0.4, -0.2) is 5.96 Å². The third-order valence-corrected chi connectivity index (χ3v) is 2.32. The Labute approximate surface area is 106 Å². The molecule has 0 saturated heterocycles. The summed E-state index contributed by atoms with van der Waals surface area (Å²) in [5.41, 5.74) is 1.79. The number of aliphatic imine (C=N–C) groups is 1. The Morgan fingerprint density at radius 2 is 1.47 bits per heavy atom. The minimum atomic E-state index is 0.539. The third kappa shape index (κ3) is 3.53. The highest BCUT2D eigenvalue weighted by atomic mass is 32.1. The van der Waals surface area contributed by atoms with Gasteiger partial charge in [-0.1, -0.05) is 36.4 Å². The van der Waals surface area contributed by atoms with Crippen LogP contribution in [-0.2, 0) is 12.8 Å². The molecule has 2 aromatic rings. The summed E-state index contributed by atoms with van der Waals surface area (Å²) >= 11 is 4.83. The van der Waals surface area contributed by atoms with Gasteiger partial charge >= 0.3 is 0 Å². The Balaban J connectivity index is 2.15. The van der Waals surface area contributed by atoms with Crippen LogP contribution in [0.3, 0.4) is 0 Å². The predicted octanol–water partition coefficient (Wildman–Crippen LogP) is 2.84. The molecule has 3 nitrogen and oxygen atoms in total. The van der Waals surface area contributed by atoms with Gasteiger partial charge in [-0.05, 0) is 24.3 Å². The molecule has 0 fully saturated rings. The molecule has 86 valence electrons. The smallest absolute Gasteiger partial charge is 0.178 e. The maximum absolute atomic E-state index is 4.83. The number of guanidine groups is 1. The molecule has 0 aliphatic rings. The van der Waals surface area contributed by atoms with E-state index in [1.807, 2.05) is 60.7 Å². The van der Waals surface area contributed by atoms with E-state index in [2.05, 4.69) is 15.0 Å². The molecule has 4 heteroatoms. The van der Waals surface area contributed by atoms with Crippen LogP contribution in [0.1, 0.15) is 0 Å². The van der Waals surface area contributed by atoms with Crippen molar-refractivity contribution < 1.29 is 0 Å². The van der Waals surface area contributed by atoms with Gasteiger partial charge in [0, 0.05) is 5.69 Å². The molecule has 0 radical (unpaired) electrons. The van der Waals surface area contributed by atoms with Crippen molar-refractivity contribution in [2.45, 2.75) is 0 Å². The average Bonchev–Trinajstić information content (AvgIpc) is 2.40. The molecule has 2 N–H and O–H groups in total. The Kier molecular flexibility index (Phi) is 4.05. The van der Waals surface area contributed by atoms with Gasteiger partial charge in [0.1, 0.15) is 0 Å². The largest absolute Gasteiger partial charge is 0.667 e. The molecule has 2 aromatic carbocycles. The van der Waals surface area contributed by atoms with Crippen LogP contribution in [0.4, 0.5) is 11.4 Å². The standard InChI is InChI=1S/C13H12N3S/c17-16-13(14-11-7-3-1-4-8-11)15-12-9-5-2-6-10-12/h1-10H,(H2-,14,15,16,17)/q-1. The summed E-state index contributed by atoms with van der Waals surface area (Å²) in [7, 11) is 0. The lowest BCUT2D eigenvalue weighted by Crippen LogP contribution is -2.25. The van der Waals surface area contributed by atoms with Crippen molar-refractivity contribution >= 4 is 30.1 Å². The fourth-order valence-electron chi connectivity index (χ4n) is 1.37. The van der Waals surface area contributed by atoms with Crippen molar-refractivity contribution in [3.8, 4) is 0 Å². The molecule has 0 aliphatic carbocycles. The van der Waals surface area contributed by atoms with E-state index >= 15 is 0 Å². The monoisotopic (exact) mass is 242 g/mol. The lowest BCUT2D eigenvalue weighted by atomic mass is 10.3. The van der Waals surface area contributed by atoms with Gasteiger partial charge in [-0.15, -0.1) is 0 Å². The van der Waals surface area contributed by atoms with Crippen molar-refractivity contribution in [1.82, 2.24) is 4.72 Å². The SMILES string of the molecule is [S-]NC(=Nc1ccccc1)Nc1ccccc1. The molecule has 0 spiro atoms. The Hall–Kier alpha value is -1.94. The van der Waals surface area contributed by atoms with Gasteiger partial charge in [-0.25, -0.2) is 4.99 Å². The number of benzene rings is 2. The summed E-state index contributed by atoms with van der Waals surface area (Å²) in [5, 5.41) is 3.11. The molecular formula is C13H12N3S-. The molecule has 0 saturated carbocycles. The van der Waals surface area contributed by atoms with Gasteiger partial charge in [0.05, 0.1) is 5.69 Å². The van der Waals surface area contributed by atoms with E-state index < -0.39 is 0 Å². The van der Waals surface area contributed by atoms with Gasteiger partial charge in [0.25, 0.3) is 0 Å². The van der Waals surface area contributed by atoms with Crippen molar-refractivity contribution in [2.75, 3.05) is 5.32 Å². The first-order chi connectivity index (χ1) is 8.38. The first-order valence-electron chi connectivity index (χ1n) is 5.22. The molecule has 17 heavy (non-hydrogen) atoms. The van der Waals surface area contributed by atoms with E-state index in [0.717, 1.165) is 11.4 Å². The number of hydrogen-bond donors (Lipinski definition) is 2. The molecule has 0 atom stereocenters. The van der Waals surface area contributed by atoms with E-state index in [1.165, 1.54) is 0 Å². The van der Waals surface area contributed by atoms with Gasteiger partial charge in [-0.3, -0.25) is 0 Å². The van der Waals surface area contributed by atoms with Crippen LogP contribution >= 0.6 is 0 Å². The predicted molar refractivity (Wildman–Crippen MR) is 74.1 cm³/mol. The van der Waals surface area contributed by atoms with E-state index in [0.29, 0.717) is 5.96 Å². The molecule has 0 aliphatic heterocycles. The van der Waals surface area contributed by atoms with Gasteiger partial charge in [-0.2, -0.15) is 0 Å². The topological polar surface area (TPSA) is 36.4 Å². The maximum Gasteiger partial charge on any atom is 0.178 e. The van der Waals surface area contributed by atoms with Gasteiger partial charge in [0.15, 0.2) is 5.96 Å². The highest BCUT2D eigenvalue weighted by molar-refractivity contribution is 7.57. The summed E-state index contributed by atoms with van der Waals surface area (Å²) in [6.45, 7) is 0. The van der Waals surface area contributed by atoms with Crippen molar-refractivity contribution in [2.24, 2.45) is 4.99 Å². The molecule has 0 heterocycles. The van der Waals surface area contributed by atoms with E-state index in [9.17, 15) is 0 Å². The second kappa shape index (κ2) is 5.96. The number of nitrogens with one attached hydrogen (secondary N) is 2. The van der Waals surface area contributed by atoms with E-state index in [4.69, 9.17) is 12.8 Å². The van der Waals surface area contributed by atoms with Crippen LogP contribution in [0.15, 0.2) is 65.7 Å². The van der Waals surface area contributed by atoms with E-state index in [1.54, 1.807) is 0 Å². The Morgan fingerprint density at radius 1 is 0.882 bits per heavy atom. The minimum absolute atomic E-state index is 0.539. The lowest BCUT2D eigenvalue weighted by Gasteiger charge is -2.15. The first kappa shape index (κ1) is 11.5. The maximum atomic E-state index is 4.83. The zero-order valence-electron chi connectivity index (χ0n) is 9.13. The Morgan fingerprint density at radius 3 is 2.06 bits per heavy atom. The molecular weight excluding hydrogens is 230 g/mol. The van der Waals surface area contributed by atoms with Crippen LogP contribution < -0.4 is 10.0 Å². The molecule has 0 unspecified atom stereocenters. The van der Waals surface area contributed by atoms with Gasteiger partial charge < -0.3 is 22.9 Å². The first-order valence-corrected chi connectivity index (χ1v) is 5.63. The summed E-state index contributed by atoms with van der Waals surface area (Å²) in [4.78, 5) is 4.36. The fourth-order valence-corrected chi connectivity index (χ4v) is 1.46. The number of nitrogens with zero attached hydrogens (tertiary/aromatic N) is 1. The molecule has 2 rings (SSSR count). The quantitative estimate of drug-likeness (QED) is 0.483. The molecule has 0 amide bonds. The summed E-state index contributed by atoms with van der Waals surface area (Å²) in [6.07, 6.45) is 0. The minimum Gasteiger partial charge on any atom is -0.667 e. The summed E-state index contributed by atoms with van der Waals surface area (Å²) < 4.78 is 2.62. The van der Waals surface area contributed by atoms with Crippen LogP contribution in [0.2, 0.25) is 0 Å². The highest BCUT2D eigenvalue weighted by Crippen LogP contribution is 2.11. The van der Waals surface area contributed by atoms with E-state index in [-0.39, 0.29) is 0 Å². The zero-order valence-corrected chi connectivity index (χ0v) is 9.95. The fraction of sp³-hybridized carbons (Fsp3) is 0. The highest BCUT2D eigenvalue weighted by Gasteiger charge is 1.94. The van der Waals surface area contributed by atoms with Crippen molar-refractivity contribution in [3.05, 3.63) is 60.7 Å². The number of para-hydroxylation sites is 2. The average molecular weight is 242 g/mol. The van der Waals surface area contributed by atoms with Gasteiger partial charge in [0.2, 0.25) is 0 Å². The lowest BCUT2D eigenvalue weighted by molar-refractivity contribution is 1.39. The molecule has 0 aromatic heterocycles. The van der Waals surface area contributed by atoms with Crippen molar-refractivity contribution in [1.29, 1.82) is 0 Å². The van der Waals surface area contributed by atoms with Crippen molar-refractivity contribution in [3.63, 3.8) is 0 Å². The second-order valence-electron chi connectivity index (χ2n) is 3.39. The van der Waals surface area contributed by atoms with Crippen LogP contribution in [0.25, 0.3) is 0 Å². The van der Waals surface area contributed by atoms with Crippen LogP contribution in [0, 0.1) is 0 Å². The van der Waals surface area contributed by atoms with Crippen LogP contribution in [0.5, 0.6) is 0 Å². The molecule has 0 bridgehead atoms. The Bertz CT molecular complexity index is 483. The summed E-state index contributed by atoms with van der Waals surface area (Å²) in [6, 6.07) is 19.4. The second-order valence-corrected chi connectivity index (χ2v) is 3.59. The third-order valence-electron chi connectivity index (χ3n) is 2.13. The zero-order chi connectivity index (χ0) is 11.9. The summed E-state index contributed by atoms with van der Waals surface area (Å²) in [5.74, 6) is 0.539. The number of anilines is 1. The number of rotatable bonds is 2. The number of hydrogen-bond acceptors (Lipinski definition) is 2.